The Morgan fingerprint density at radius 2 is 2.06 bits per heavy atom. The number of aryl methyl sites for hydroxylation is 1. The molecule has 2 aliphatic rings. The Labute approximate surface area is 104 Å². The lowest BCUT2D eigenvalue weighted by molar-refractivity contribution is 0.430. The Morgan fingerprint density at radius 1 is 1.12 bits per heavy atom. The average Bonchev–Trinajstić information content (AvgIpc) is 2.62. The largest absolute Gasteiger partial charge is 0.367 e. The second-order valence-corrected chi connectivity index (χ2v) is 5.28. The van der Waals surface area contributed by atoms with E-state index in [9.17, 15) is 0 Å². The van der Waals surface area contributed by atoms with Gasteiger partial charge >= 0.3 is 0 Å². The summed E-state index contributed by atoms with van der Waals surface area (Å²) in [6, 6.07) is 9.71. The molecule has 1 N–H and O–H groups in total. The summed E-state index contributed by atoms with van der Waals surface area (Å²) >= 11 is 0. The second-order valence-electron chi connectivity index (χ2n) is 5.28. The van der Waals surface area contributed by atoms with Gasteiger partial charge in [0.1, 0.15) is 0 Å². The molecule has 17 heavy (non-hydrogen) atoms. The zero-order valence-corrected chi connectivity index (χ0v) is 10.5. The van der Waals surface area contributed by atoms with E-state index >= 15 is 0 Å². The molecule has 1 unspecified atom stereocenters. The summed E-state index contributed by atoms with van der Waals surface area (Å²) in [7, 11) is 0. The fraction of sp³-hybridized carbons (Fsp3) is 0.600. The molecule has 1 aromatic rings. The second kappa shape index (κ2) is 5.09. The molecule has 0 spiro atoms. The molecule has 2 heterocycles. The summed E-state index contributed by atoms with van der Waals surface area (Å²) in [6.45, 7) is 3.60. The minimum absolute atomic E-state index is 0.711. The lowest BCUT2D eigenvalue weighted by atomic mass is 10.0. The number of fused-ring (bicyclic) bond motifs is 1. The third-order valence-corrected chi connectivity index (χ3v) is 4.11. The molecule has 92 valence electrons. The van der Waals surface area contributed by atoms with Gasteiger partial charge in [0.25, 0.3) is 0 Å². The van der Waals surface area contributed by atoms with Crippen molar-refractivity contribution in [3.8, 4) is 0 Å². The number of hydrogen-bond acceptors (Lipinski definition) is 2. The zero-order chi connectivity index (χ0) is 11.5. The van der Waals surface area contributed by atoms with E-state index in [0.29, 0.717) is 6.04 Å². The Hall–Kier alpha value is -1.02. The molecule has 0 amide bonds. The van der Waals surface area contributed by atoms with E-state index in [1.807, 2.05) is 0 Å². The van der Waals surface area contributed by atoms with Gasteiger partial charge in [-0.25, -0.2) is 0 Å². The number of piperidine rings is 1. The van der Waals surface area contributed by atoms with Crippen LogP contribution < -0.4 is 10.2 Å². The molecule has 0 aromatic heterocycles. The van der Waals surface area contributed by atoms with Crippen molar-refractivity contribution >= 4 is 5.69 Å². The van der Waals surface area contributed by atoms with E-state index < -0.39 is 0 Å². The molecule has 0 radical (unpaired) electrons. The van der Waals surface area contributed by atoms with Crippen molar-refractivity contribution in [2.75, 3.05) is 24.5 Å². The molecule has 2 heteroatoms. The normalized spacial score (nSPS) is 25.2. The molecule has 0 aliphatic carbocycles. The molecule has 2 nitrogen and oxygen atoms in total. The molecule has 1 fully saturated rings. The topological polar surface area (TPSA) is 15.3 Å². The van der Waals surface area contributed by atoms with Crippen LogP contribution in [0, 0.1) is 0 Å². The van der Waals surface area contributed by atoms with Crippen molar-refractivity contribution in [2.45, 2.75) is 38.1 Å². The summed E-state index contributed by atoms with van der Waals surface area (Å²) in [4.78, 5) is 2.66. The van der Waals surface area contributed by atoms with Crippen LogP contribution in [0.3, 0.4) is 0 Å². The maximum Gasteiger partial charge on any atom is 0.0415 e. The van der Waals surface area contributed by atoms with Gasteiger partial charge in [0, 0.05) is 24.8 Å². The van der Waals surface area contributed by atoms with Crippen molar-refractivity contribution < 1.29 is 0 Å². The number of rotatable bonds is 1. The van der Waals surface area contributed by atoms with Crippen LogP contribution in [-0.4, -0.2) is 25.7 Å². The third kappa shape index (κ3) is 2.32. The first-order chi connectivity index (χ1) is 8.45. The Kier molecular flexibility index (Phi) is 3.32. The molecule has 0 bridgehead atoms. The van der Waals surface area contributed by atoms with Crippen molar-refractivity contribution in [2.24, 2.45) is 0 Å². The fourth-order valence-corrected chi connectivity index (χ4v) is 3.20. The number of nitrogens with zero attached hydrogens (tertiary/aromatic N) is 1. The molecular weight excluding hydrogens is 208 g/mol. The Morgan fingerprint density at radius 3 is 2.94 bits per heavy atom. The highest BCUT2D eigenvalue weighted by Crippen LogP contribution is 2.29. The van der Waals surface area contributed by atoms with Crippen LogP contribution in [0.5, 0.6) is 0 Å². The van der Waals surface area contributed by atoms with Gasteiger partial charge < -0.3 is 10.2 Å². The molecular formula is C15H22N2. The van der Waals surface area contributed by atoms with Gasteiger partial charge in [-0.15, -0.1) is 0 Å². The van der Waals surface area contributed by atoms with Crippen molar-refractivity contribution in [3.05, 3.63) is 29.8 Å². The molecule has 3 rings (SSSR count). The first-order valence-corrected chi connectivity index (χ1v) is 7.00. The molecule has 1 atom stereocenters. The lowest BCUT2D eigenvalue weighted by Gasteiger charge is -2.36. The Balaban J connectivity index is 1.88. The summed E-state index contributed by atoms with van der Waals surface area (Å²) in [6.07, 6.45) is 6.61. The van der Waals surface area contributed by atoms with E-state index in [4.69, 9.17) is 0 Å². The van der Waals surface area contributed by atoms with Crippen LogP contribution in [0.2, 0.25) is 0 Å². The van der Waals surface area contributed by atoms with Crippen LogP contribution in [0.4, 0.5) is 5.69 Å². The van der Waals surface area contributed by atoms with Gasteiger partial charge in [-0.1, -0.05) is 18.2 Å². The van der Waals surface area contributed by atoms with Gasteiger partial charge in [0.15, 0.2) is 0 Å². The first kappa shape index (κ1) is 11.1. The number of benzene rings is 1. The van der Waals surface area contributed by atoms with Crippen LogP contribution in [0.15, 0.2) is 24.3 Å². The van der Waals surface area contributed by atoms with E-state index in [0.717, 1.165) is 6.54 Å². The SMILES string of the molecule is c1ccc2c(c1)CCCCN2C1CCCNC1. The number of anilines is 1. The van der Waals surface area contributed by atoms with Crippen molar-refractivity contribution in [1.82, 2.24) is 5.32 Å². The van der Waals surface area contributed by atoms with Gasteiger partial charge in [0.2, 0.25) is 0 Å². The smallest absolute Gasteiger partial charge is 0.0415 e. The summed E-state index contributed by atoms with van der Waals surface area (Å²) < 4.78 is 0. The molecule has 2 aliphatic heterocycles. The van der Waals surface area contributed by atoms with Crippen LogP contribution in [-0.2, 0) is 6.42 Å². The Bertz CT molecular complexity index is 369. The highest BCUT2D eigenvalue weighted by molar-refractivity contribution is 5.55. The predicted molar refractivity (Wildman–Crippen MR) is 72.6 cm³/mol. The summed E-state index contributed by atoms with van der Waals surface area (Å²) in [5.74, 6) is 0. The maximum absolute atomic E-state index is 3.54. The summed E-state index contributed by atoms with van der Waals surface area (Å²) in [5.41, 5.74) is 3.05. The minimum atomic E-state index is 0.711. The zero-order valence-electron chi connectivity index (χ0n) is 10.5. The van der Waals surface area contributed by atoms with E-state index in [1.54, 1.807) is 5.56 Å². The lowest BCUT2D eigenvalue weighted by Crippen LogP contribution is -2.46. The molecule has 0 saturated carbocycles. The molecule has 1 aromatic carbocycles. The van der Waals surface area contributed by atoms with Crippen molar-refractivity contribution in [3.63, 3.8) is 0 Å². The first-order valence-electron chi connectivity index (χ1n) is 7.00. The van der Waals surface area contributed by atoms with E-state index in [-0.39, 0.29) is 0 Å². The summed E-state index contributed by atoms with van der Waals surface area (Å²) in [5, 5.41) is 3.54. The standard InChI is InChI=1S/C15H22N2/c1-2-9-15-13(6-1)7-3-4-11-17(15)14-8-5-10-16-12-14/h1-2,6,9,14,16H,3-5,7-8,10-12H2. The average molecular weight is 230 g/mol. The number of nitrogens with one attached hydrogen (secondary N) is 1. The van der Waals surface area contributed by atoms with Gasteiger partial charge in [-0.3, -0.25) is 0 Å². The fourth-order valence-electron chi connectivity index (χ4n) is 3.20. The highest BCUT2D eigenvalue weighted by atomic mass is 15.2. The maximum atomic E-state index is 3.54. The van der Waals surface area contributed by atoms with E-state index in [2.05, 4.69) is 34.5 Å². The van der Waals surface area contributed by atoms with Crippen molar-refractivity contribution in [1.29, 1.82) is 0 Å². The monoisotopic (exact) mass is 230 g/mol. The number of hydrogen-bond donors (Lipinski definition) is 1. The quantitative estimate of drug-likeness (QED) is 0.797. The highest BCUT2D eigenvalue weighted by Gasteiger charge is 2.23. The van der Waals surface area contributed by atoms with Gasteiger partial charge in [-0.2, -0.15) is 0 Å². The van der Waals surface area contributed by atoms with Crippen LogP contribution in [0.25, 0.3) is 0 Å². The van der Waals surface area contributed by atoms with Gasteiger partial charge in [-0.05, 0) is 50.3 Å². The number of para-hydroxylation sites is 1. The third-order valence-electron chi connectivity index (χ3n) is 4.11. The molecule has 1 saturated heterocycles. The van der Waals surface area contributed by atoms with Gasteiger partial charge in [0.05, 0.1) is 0 Å². The minimum Gasteiger partial charge on any atom is -0.367 e. The van der Waals surface area contributed by atoms with Crippen LogP contribution >= 0.6 is 0 Å². The van der Waals surface area contributed by atoms with Crippen LogP contribution in [0.1, 0.15) is 31.2 Å². The van der Waals surface area contributed by atoms with E-state index in [1.165, 1.54) is 50.9 Å². The predicted octanol–water partition coefficient (Wildman–Crippen LogP) is 2.58.